The molecule has 3 heteroatoms. The van der Waals surface area contributed by atoms with Gasteiger partial charge >= 0.3 is 0 Å². The highest BCUT2D eigenvalue weighted by Crippen LogP contribution is 2.42. The topological polar surface area (TPSA) is 43.7 Å². The first-order valence-corrected chi connectivity index (χ1v) is 9.65. The van der Waals surface area contributed by atoms with E-state index in [2.05, 4.69) is 24.3 Å². The van der Waals surface area contributed by atoms with Crippen molar-refractivity contribution in [1.29, 1.82) is 0 Å². The summed E-state index contributed by atoms with van der Waals surface area (Å²) >= 11 is 0. The summed E-state index contributed by atoms with van der Waals surface area (Å²) in [4.78, 5) is 2.02. The molecule has 2 aromatic rings. The van der Waals surface area contributed by atoms with Gasteiger partial charge in [0.05, 0.1) is 0 Å². The van der Waals surface area contributed by atoms with Crippen LogP contribution in [0.2, 0.25) is 0 Å². The van der Waals surface area contributed by atoms with Gasteiger partial charge in [-0.05, 0) is 36.5 Å². The lowest BCUT2D eigenvalue weighted by molar-refractivity contribution is -0.174. The molecule has 3 nitrogen and oxygen atoms in total. The van der Waals surface area contributed by atoms with Gasteiger partial charge in [0, 0.05) is 18.5 Å². The number of hydrogen-bond acceptors (Lipinski definition) is 3. The van der Waals surface area contributed by atoms with Gasteiger partial charge in [-0.2, -0.15) is 0 Å². The van der Waals surface area contributed by atoms with Crippen LogP contribution in [0, 0.1) is 0 Å². The summed E-state index contributed by atoms with van der Waals surface area (Å²) in [6.07, 6.45) is 2.47. The average molecular weight is 354 g/mol. The lowest BCUT2D eigenvalue weighted by Gasteiger charge is -2.48. The number of likely N-dealkylation sites (tertiary alicyclic amines) is 1. The molecule has 0 amide bonds. The average Bonchev–Trinajstić information content (AvgIpc) is 2.68. The van der Waals surface area contributed by atoms with Gasteiger partial charge in [-0.1, -0.05) is 74.9 Å². The lowest BCUT2D eigenvalue weighted by Crippen LogP contribution is -2.61. The fourth-order valence-electron chi connectivity index (χ4n) is 4.01. The first kappa shape index (κ1) is 19.1. The van der Waals surface area contributed by atoms with Gasteiger partial charge < -0.3 is 10.2 Å². The van der Waals surface area contributed by atoms with Crippen LogP contribution in [0.4, 0.5) is 0 Å². The van der Waals surface area contributed by atoms with E-state index in [-0.39, 0.29) is 0 Å². The molecule has 2 aromatic carbocycles. The Kier molecular flexibility index (Phi) is 5.52. The number of aliphatic hydroxyl groups is 2. The van der Waals surface area contributed by atoms with Crippen molar-refractivity contribution in [1.82, 2.24) is 4.90 Å². The highest BCUT2D eigenvalue weighted by Gasteiger charge is 2.49. The van der Waals surface area contributed by atoms with E-state index >= 15 is 0 Å². The predicted octanol–water partition coefficient (Wildman–Crippen LogP) is 4.19. The Labute approximate surface area is 157 Å². The zero-order valence-electron chi connectivity index (χ0n) is 16.2. The SMILES string of the molecule is CC(C)(c1ccccc1-c1ccccc1)C(C)(O)C(O)N1CCCCC1. The van der Waals surface area contributed by atoms with Gasteiger partial charge in [0.2, 0.25) is 0 Å². The minimum absolute atomic E-state index is 0.629. The Morgan fingerprint density at radius 3 is 2.08 bits per heavy atom. The first-order chi connectivity index (χ1) is 12.4. The zero-order chi connectivity index (χ0) is 18.8. The van der Waals surface area contributed by atoms with E-state index in [1.807, 2.05) is 49.1 Å². The van der Waals surface area contributed by atoms with Crippen LogP contribution in [-0.2, 0) is 5.41 Å². The Balaban J connectivity index is 1.99. The van der Waals surface area contributed by atoms with Crippen LogP contribution in [-0.4, -0.2) is 40.0 Å². The summed E-state index contributed by atoms with van der Waals surface area (Å²) in [5.74, 6) is 0. The molecule has 0 aliphatic carbocycles. The van der Waals surface area contributed by atoms with E-state index in [4.69, 9.17) is 0 Å². The third-order valence-electron chi connectivity index (χ3n) is 6.19. The van der Waals surface area contributed by atoms with E-state index < -0.39 is 17.2 Å². The molecule has 0 radical (unpaired) electrons. The molecular weight excluding hydrogens is 322 g/mol. The van der Waals surface area contributed by atoms with Crippen molar-refractivity contribution >= 4 is 0 Å². The lowest BCUT2D eigenvalue weighted by atomic mass is 9.67. The van der Waals surface area contributed by atoms with Gasteiger partial charge in [0.15, 0.2) is 0 Å². The molecule has 2 atom stereocenters. The van der Waals surface area contributed by atoms with Gasteiger partial charge in [0.25, 0.3) is 0 Å². The maximum atomic E-state index is 11.5. The third kappa shape index (κ3) is 3.44. The predicted molar refractivity (Wildman–Crippen MR) is 107 cm³/mol. The molecule has 1 heterocycles. The molecule has 3 rings (SSSR count). The number of aliphatic hydroxyl groups excluding tert-OH is 1. The fourth-order valence-corrected chi connectivity index (χ4v) is 4.01. The van der Waals surface area contributed by atoms with E-state index in [0.29, 0.717) is 0 Å². The Morgan fingerprint density at radius 1 is 0.846 bits per heavy atom. The van der Waals surface area contributed by atoms with Crippen molar-refractivity contribution in [3.8, 4) is 11.1 Å². The van der Waals surface area contributed by atoms with Crippen molar-refractivity contribution in [2.45, 2.75) is 57.3 Å². The quantitative estimate of drug-likeness (QED) is 0.847. The molecular formula is C23H31NO2. The summed E-state index contributed by atoms with van der Waals surface area (Å²) in [6, 6.07) is 18.4. The van der Waals surface area contributed by atoms with Gasteiger partial charge in [-0.15, -0.1) is 0 Å². The molecule has 2 N–H and O–H groups in total. The zero-order valence-corrected chi connectivity index (χ0v) is 16.2. The van der Waals surface area contributed by atoms with Crippen LogP contribution < -0.4 is 0 Å². The van der Waals surface area contributed by atoms with Crippen LogP contribution in [0.1, 0.15) is 45.6 Å². The maximum absolute atomic E-state index is 11.5. The van der Waals surface area contributed by atoms with Crippen molar-refractivity contribution < 1.29 is 10.2 Å². The molecule has 2 unspecified atom stereocenters. The van der Waals surface area contributed by atoms with E-state index in [1.54, 1.807) is 6.92 Å². The van der Waals surface area contributed by atoms with Crippen LogP contribution in [0.5, 0.6) is 0 Å². The van der Waals surface area contributed by atoms with Crippen molar-refractivity contribution in [3.63, 3.8) is 0 Å². The van der Waals surface area contributed by atoms with Crippen molar-refractivity contribution in [2.24, 2.45) is 0 Å². The summed E-state index contributed by atoms with van der Waals surface area (Å²) in [7, 11) is 0. The van der Waals surface area contributed by atoms with Crippen LogP contribution >= 0.6 is 0 Å². The minimum atomic E-state index is -1.28. The Bertz CT molecular complexity index is 718. The number of benzene rings is 2. The molecule has 1 fully saturated rings. The molecule has 26 heavy (non-hydrogen) atoms. The van der Waals surface area contributed by atoms with E-state index in [0.717, 1.165) is 42.6 Å². The van der Waals surface area contributed by atoms with Crippen LogP contribution in [0.15, 0.2) is 54.6 Å². The largest absolute Gasteiger partial charge is 0.385 e. The second-order valence-corrected chi connectivity index (χ2v) is 8.15. The molecule has 0 aromatic heterocycles. The van der Waals surface area contributed by atoms with Gasteiger partial charge in [-0.25, -0.2) is 0 Å². The first-order valence-electron chi connectivity index (χ1n) is 9.65. The second-order valence-electron chi connectivity index (χ2n) is 8.15. The van der Waals surface area contributed by atoms with Gasteiger partial charge in [0.1, 0.15) is 11.8 Å². The Morgan fingerprint density at radius 2 is 1.42 bits per heavy atom. The molecule has 0 bridgehead atoms. The van der Waals surface area contributed by atoms with Gasteiger partial charge in [-0.3, -0.25) is 4.90 Å². The highest BCUT2D eigenvalue weighted by molar-refractivity contribution is 5.69. The van der Waals surface area contributed by atoms with Crippen LogP contribution in [0.25, 0.3) is 11.1 Å². The number of piperidine rings is 1. The molecule has 1 aliphatic heterocycles. The smallest absolute Gasteiger partial charge is 0.137 e. The minimum Gasteiger partial charge on any atom is -0.385 e. The highest BCUT2D eigenvalue weighted by atomic mass is 16.4. The van der Waals surface area contributed by atoms with Crippen molar-refractivity contribution in [2.75, 3.05) is 13.1 Å². The van der Waals surface area contributed by atoms with Crippen molar-refractivity contribution in [3.05, 3.63) is 60.2 Å². The molecule has 0 saturated carbocycles. The summed E-state index contributed by atoms with van der Waals surface area (Å²) < 4.78 is 0. The maximum Gasteiger partial charge on any atom is 0.137 e. The second kappa shape index (κ2) is 7.51. The summed E-state index contributed by atoms with van der Waals surface area (Å²) in [5.41, 5.74) is 1.36. The molecule has 1 aliphatic rings. The number of hydrogen-bond donors (Lipinski definition) is 2. The summed E-state index contributed by atoms with van der Waals surface area (Å²) in [6.45, 7) is 7.51. The third-order valence-corrected chi connectivity index (χ3v) is 6.19. The van der Waals surface area contributed by atoms with E-state index in [9.17, 15) is 10.2 Å². The van der Waals surface area contributed by atoms with Crippen LogP contribution in [0.3, 0.4) is 0 Å². The summed E-state index contributed by atoms with van der Waals surface area (Å²) in [5, 5.41) is 22.5. The normalized spacial score (nSPS) is 19.7. The number of nitrogens with zero attached hydrogens (tertiary/aromatic N) is 1. The standard InChI is InChI=1S/C23H31NO2/c1-22(2,23(3,26)21(25)24-16-10-5-11-17-24)20-15-9-8-14-19(20)18-12-6-4-7-13-18/h4,6-9,12-15,21,25-26H,5,10-11,16-17H2,1-3H3. The molecule has 140 valence electrons. The molecule has 0 spiro atoms. The van der Waals surface area contributed by atoms with E-state index in [1.165, 1.54) is 6.42 Å². The Hall–Kier alpha value is -1.68. The number of rotatable bonds is 5. The monoisotopic (exact) mass is 353 g/mol. The fraction of sp³-hybridized carbons (Fsp3) is 0.478. The molecule has 1 saturated heterocycles.